The lowest BCUT2D eigenvalue weighted by Crippen LogP contribution is -2.23. The van der Waals surface area contributed by atoms with Crippen molar-refractivity contribution in [3.05, 3.63) is 54.1 Å². The number of benzene rings is 2. The van der Waals surface area contributed by atoms with Crippen molar-refractivity contribution in [1.82, 2.24) is 4.72 Å². The molecular formula is C19H23NO5S. The van der Waals surface area contributed by atoms with Gasteiger partial charge in [-0.05, 0) is 42.7 Å². The molecule has 26 heavy (non-hydrogen) atoms. The van der Waals surface area contributed by atoms with E-state index in [9.17, 15) is 8.42 Å². The molecule has 1 saturated heterocycles. The third-order valence-corrected chi connectivity index (χ3v) is 5.65. The zero-order valence-electron chi connectivity index (χ0n) is 14.7. The highest BCUT2D eigenvalue weighted by Crippen LogP contribution is 2.23. The van der Waals surface area contributed by atoms with E-state index in [1.165, 1.54) is 13.2 Å². The summed E-state index contributed by atoms with van der Waals surface area (Å²) in [5, 5.41) is 0. The Bertz CT molecular complexity index is 814. The van der Waals surface area contributed by atoms with E-state index in [1.54, 1.807) is 18.2 Å². The SMILES string of the molecule is COc1ccccc1S(=O)(=O)NCc1ccc(OC[C@H]2CCCO2)cc1. The molecule has 2 aromatic carbocycles. The van der Waals surface area contributed by atoms with Crippen LogP contribution >= 0.6 is 0 Å². The van der Waals surface area contributed by atoms with Gasteiger partial charge in [0.2, 0.25) is 10.0 Å². The minimum absolute atomic E-state index is 0.124. The summed E-state index contributed by atoms with van der Waals surface area (Å²) in [5.41, 5.74) is 0.841. The summed E-state index contributed by atoms with van der Waals surface area (Å²) in [5.74, 6) is 1.06. The second-order valence-electron chi connectivity index (χ2n) is 6.07. The smallest absolute Gasteiger partial charge is 0.244 e. The highest BCUT2D eigenvalue weighted by atomic mass is 32.2. The average molecular weight is 377 g/mol. The van der Waals surface area contributed by atoms with Crippen molar-refractivity contribution >= 4 is 10.0 Å². The van der Waals surface area contributed by atoms with Gasteiger partial charge in [-0.15, -0.1) is 0 Å². The number of para-hydroxylation sites is 1. The van der Waals surface area contributed by atoms with Crippen LogP contribution in [0.4, 0.5) is 0 Å². The van der Waals surface area contributed by atoms with Crippen LogP contribution < -0.4 is 14.2 Å². The van der Waals surface area contributed by atoms with Crippen LogP contribution in [-0.2, 0) is 21.3 Å². The van der Waals surface area contributed by atoms with Crippen molar-refractivity contribution in [2.75, 3.05) is 20.3 Å². The Hall–Kier alpha value is -2.09. The fourth-order valence-corrected chi connectivity index (χ4v) is 3.95. The summed E-state index contributed by atoms with van der Waals surface area (Å²) in [6.45, 7) is 1.53. The fraction of sp³-hybridized carbons (Fsp3) is 0.368. The third-order valence-electron chi connectivity index (χ3n) is 4.21. The molecule has 0 saturated carbocycles. The average Bonchev–Trinajstić information content (AvgIpc) is 3.19. The van der Waals surface area contributed by atoms with E-state index in [2.05, 4.69) is 4.72 Å². The van der Waals surface area contributed by atoms with Crippen LogP contribution in [0.3, 0.4) is 0 Å². The van der Waals surface area contributed by atoms with Crippen LogP contribution in [-0.4, -0.2) is 34.8 Å². The van der Waals surface area contributed by atoms with E-state index in [-0.39, 0.29) is 17.5 Å². The molecule has 1 atom stereocenters. The molecule has 7 heteroatoms. The topological polar surface area (TPSA) is 73.9 Å². The molecule has 3 rings (SSSR count). The van der Waals surface area contributed by atoms with Gasteiger partial charge in [-0.25, -0.2) is 13.1 Å². The Kier molecular flexibility index (Phi) is 6.13. The quantitative estimate of drug-likeness (QED) is 0.766. The molecule has 1 fully saturated rings. The third kappa shape index (κ3) is 4.75. The molecule has 0 amide bonds. The van der Waals surface area contributed by atoms with Crippen molar-refractivity contribution in [3.8, 4) is 11.5 Å². The Morgan fingerprint density at radius 3 is 2.62 bits per heavy atom. The summed E-state index contributed by atoms with van der Waals surface area (Å²) < 4.78 is 43.9. The number of ether oxygens (including phenoxy) is 3. The van der Waals surface area contributed by atoms with E-state index in [1.807, 2.05) is 24.3 Å². The van der Waals surface area contributed by atoms with Crippen molar-refractivity contribution in [3.63, 3.8) is 0 Å². The number of nitrogens with one attached hydrogen (secondary N) is 1. The number of sulfonamides is 1. The van der Waals surface area contributed by atoms with Gasteiger partial charge in [0.15, 0.2) is 0 Å². The van der Waals surface area contributed by atoms with Crippen LogP contribution in [0.5, 0.6) is 11.5 Å². The van der Waals surface area contributed by atoms with Gasteiger partial charge in [-0.2, -0.15) is 0 Å². The zero-order chi connectivity index (χ0) is 18.4. The van der Waals surface area contributed by atoms with E-state index < -0.39 is 10.0 Å². The molecule has 0 radical (unpaired) electrons. The molecule has 1 aliphatic heterocycles. The van der Waals surface area contributed by atoms with Crippen LogP contribution in [0.1, 0.15) is 18.4 Å². The predicted molar refractivity (Wildman–Crippen MR) is 97.9 cm³/mol. The fourth-order valence-electron chi connectivity index (χ4n) is 2.77. The van der Waals surface area contributed by atoms with Crippen molar-refractivity contribution < 1.29 is 22.6 Å². The molecule has 0 unspecified atom stereocenters. The van der Waals surface area contributed by atoms with E-state index in [0.717, 1.165) is 30.8 Å². The Morgan fingerprint density at radius 1 is 1.15 bits per heavy atom. The molecule has 1 heterocycles. The summed E-state index contributed by atoms with van der Waals surface area (Å²) in [6, 6.07) is 13.9. The molecule has 0 aliphatic carbocycles. The lowest BCUT2D eigenvalue weighted by Gasteiger charge is -2.12. The number of methoxy groups -OCH3 is 1. The van der Waals surface area contributed by atoms with Crippen molar-refractivity contribution in [1.29, 1.82) is 0 Å². The molecule has 1 aliphatic rings. The number of hydrogen-bond donors (Lipinski definition) is 1. The van der Waals surface area contributed by atoms with Gasteiger partial charge < -0.3 is 14.2 Å². The second-order valence-corrected chi connectivity index (χ2v) is 7.80. The molecular weight excluding hydrogens is 354 g/mol. The number of rotatable bonds is 8. The summed E-state index contributed by atoms with van der Waals surface area (Å²) >= 11 is 0. The molecule has 6 nitrogen and oxygen atoms in total. The van der Waals surface area contributed by atoms with Gasteiger partial charge in [0.05, 0.1) is 13.2 Å². The monoisotopic (exact) mass is 377 g/mol. The van der Waals surface area contributed by atoms with Gasteiger partial charge in [-0.1, -0.05) is 24.3 Å². The van der Waals surface area contributed by atoms with Crippen molar-refractivity contribution in [2.24, 2.45) is 0 Å². The van der Waals surface area contributed by atoms with Crippen LogP contribution in [0.15, 0.2) is 53.4 Å². The predicted octanol–water partition coefficient (Wildman–Crippen LogP) is 2.73. The standard InChI is InChI=1S/C19H23NO5S/c1-23-18-6-2-3-7-19(18)26(21,22)20-13-15-8-10-16(11-9-15)25-14-17-5-4-12-24-17/h2-3,6-11,17,20H,4-5,12-14H2,1H3/t17-/m1/s1. The lowest BCUT2D eigenvalue weighted by atomic mass is 10.2. The molecule has 0 aromatic heterocycles. The highest BCUT2D eigenvalue weighted by Gasteiger charge is 2.19. The maximum atomic E-state index is 12.5. The Morgan fingerprint density at radius 2 is 1.92 bits per heavy atom. The molecule has 0 spiro atoms. The van der Waals surface area contributed by atoms with Crippen LogP contribution in [0, 0.1) is 0 Å². The molecule has 1 N–H and O–H groups in total. The highest BCUT2D eigenvalue weighted by molar-refractivity contribution is 7.89. The first-order valence-electron chi connectivity index (χ1n) is 8.54. The van der Waals surface area contributed by atoms with Gasteiger partial charge in [0.25, 0.3) is 0 Å². The zero-order valence-corrected chi connectivity index (χ0v) is 15.5. The van der Waals surface area contributed by atoms with Gasteiger partial charge in [0.1, 0.15) is 23.0 Å². The van der Waals surface area contributed by atoms with Gasteiger partial charge in [0, 0.05) is 13.2 Å². The first-order valence-corrected chi connectivity index (χ1v) is 10.0. The lowest BCUT2D eigenvalue weighted by molar-refractivity contribution is 0.0679. The maximum Gasteiger partial charge on any atom is 0.244 e. The van der Waals surface area contributed by atoms with E-state index in [0.29, 0.717) is 12.4 Å². The summed E-state index contributed by atoms with van der Waals surface area (Å²) in [4.78, 5) is 0.124. The molecule has 140 valence electrons. The van der Waals surface area contributed by atoms with Crippen molar-refractivity contribution in [2.45, 2.75) is 30.4 Å². The summed E-state index contributed by atoms with van der Waals surface area (Å²) in [6.07, 6.45) is 2.28. The van der Waals surface area contributed by atoms with E-state index in [4.69, 9.17) is 14.2 Å². The first-order chi connectivity index (χ1) is 12.6. The Balaban J connectivity index is 1.57. The van der Waals surface area contributed by atoms with Crippen LogP contribution in [0.25, 0.3) is 0 Å². The summed E-state index contributed by atoms with van der Waals surface area (Å²) in [7, 11) is -2.21. The largest absolute Gasteiger partial charge is 0.495 e. The van der Waals surface area contributed by atoms with Gasteiger partial charge in [-0.3, -0.25) is 0 Å². The second kappa shape index (κ2) is 8.53. The van der Waals surface area contributed by atoms with Crippen LogP contribution in [0.2, 0.25) is 0 Å². The van der Waals surface area contributed by atoms with Gasteiger partial charge >= 0.3 is 0 Å². The normalized spacial score (nSPS) is 17.2. The molecule has 0 bridgehead atoms. The Labute approximate surface area is 154 Å². The maximum absolute atomic E-state index is 12.5. The molecule has 2 aromatic rings. The minimum atomic E-state index is -3.66. The first kappa shape index (κ1) is 18.7. The van der Waals surface area contributed by atoms with E-state index >= 15 is 0 Å². The minimum Gasteiger partial charge on any atom is -0.495 e. The number of hydrogen-bond acceptors (Lipinski definition) is 5.